The maximum atomic E-state index is 12.9. The summed E-state index contributed by atoms with van der Waals surface area (Å²) < 4.78 is 0. The molecule has 0 saturated carbocycles. The number of amides is 1. The highest BCUT2D eigenvalue weighted by atomic mass is 16.2. The van der Waals surface area contributed by atoms with Gasteiger partial charge in [0.15, 0.2) is 0 Å². The third-order valence-electron chi connectivity index (χ3n) is 6.89. The summed E-state index contributed by atoms with van der Waals surface area (Å²) >= 11 is 0. The predicted octanol–water partition coefficient (Wildman–Crippen LogP) is 4.75. The van der Waals surface area contributed by atoms with Gasteiger partial charge in [-0.25, -0.2) is 0 Å². The second kappa shape index (κ2) is 8.71. The Labute approximate surface area is 175 Å². The normalized spacial score (nSPS) is 22.3. The van der Waals surface area contributed by atoms with E-state index in [2.05, 4.69) is 72.2 Å². The number of likely N-dealkylation sites (tertiary alicyclic amines) is 2. The van der Waals surface area contributed by atoms with Gasteiger partial charge >= 0.3 is 0 Å². The Morgan fingerprint density at radius 2 is 1.86 bits per heavy atom. The highest BCUT2D eigenvalue weighted by Crippen LogP contribution is 2.39. The minimum absolute atomic E-state index is 0.306. The molecule has 0 aromatic heterocycles. The third kappa shape index (κ3) is 4.90. The molecular formula is C26H34N2O. The quantitative estimate of drug-likeness (QED) is 0.735. The number of aryl methyl sites for hydroxylation is 3. The Morgan fingerprint density at radius 3 is 2.69 bits per heavy atom. The van der Waals surface area contributed by atoms with Crippen molar-refractivity contribution in [2.75, 3.05) is 26.2 Å². The molecule has 0 aliphatic carbocycles. The smallest absolute Gasteiger partial charge is 0.222 e. The van der Waals surface area contributed by atoms with Crippen molar-refractivity contribution < 1.29 is 4.79 Å². The van der Waals surface area contributed by atoms with Gasteiger partial charge in [-0.05, 0) is 62.8 Å². The molecule has 29 heavy (non-hydrogen) atoms. The number of carbonyl (C=O) groups is 1. The number of hydrogen-bond donors (Lipinski definition) is 0. The van der Waals surface area contributed by atoms with Gasteiger partial charge in [0.2, 0.25) is 5.91 Å². The van der Waals surface area contributed by atoms with E-state index in [1.165, 1.54) is 41.6 Å². The molecule has 1 amide bonds. The maximum Gasteiger partial charge on any atom is 0.222 e. The third-order valence-corrected chi connectivity index (χ3v) is 6.89. The first-order valence-corrected chi connectivity index (χ1v) is 11.1. The fraction of sp³-hybridized carbons (Fsp3) is 0.500. The average molecular weight is 391 g/mol. The molecule has 2 saturated heterocycles. The number of hydrogen-bond acceptors (Lipinski definition) is 2. The lowest BCUT2D eigenvalue weighted by atomic mass is 9.79. The molecule has 154 valence electrons. The monoisotopic (exact) mass is 390 g/mol. The molecule has 2 aromatic carbocycles. The van der Waals surface area contributed by atoms with Gasteiger partial charge in [-0.2, -0.15) is 0 Å². The van der Waals surface area contributed by atoms with Gasteiger partial charge in [0, 0.05) is 38.0 Å². The van der Waals surface area contributed by atoms with E-state index in [1.54, 1.807) is 0 Å². The zero-order valence-electron chi connectivity index (χ0n) is 18.0. The van der Waals surface area contributed by atoms with Crippen LogP contribution in [0.2, 0.25) is 0 Å². The van der Waals surface area contributed by atoms with Crippen molar-refractivity contribution in [2.24, 2.45) is 5.41 Å². The fourth-order valence-corrected chi connectivity index (χ4v) is 5.29. The molecule has 0 bridgehead atoms. The standard InChI is InChI=1S/C26H34N2O/c1-21-7-5-9-23(17-21)18-27-15-6-13-26(19-27)14-16-28(20-26)25(29)12-11-24-10-4-3-8-22(24)2/h3-5,7-10,17H,6,11-16,18-20H2,1-2H3/t26-/m1/s1. The van der Waals surface area contributed by atoms with Crippen molar-refractivity contribution in [3.05, 3.63) is 70.8 Å². The SMILES string of the molecule is Cc1cccc(CN2CCC[C@@]3(CCN(C(=O)CCc4ccccc4C)C3)C2)c1. The zero-order chi connectivity index (χ0) is 20.3. The van der Waals surface area contributed by atoms with E-state index in [9.17, 15) is 4.79 Å². The largest absolute Gasteiger partial charge is 0.342 e. The topological polar surface area (TPSA) is 23.6 Å². The number of benzene rings is 2. The number of nitrogens with zero attached hydrogens (tertiary/aromatic N) is 2. The molecular weight excluding hydrogens is 356 g/mol. The van der Waals surface area contributed by atoms with Crippen LogP contribution < -0.4 is 0 Å². The Morgan fingerprint density at radius 1 is 1.00 bits per heavy atom. The summed E-state index contributed by atoms with van der Waals surface area (Å²) in [5.74, 6) is 0.334. The van der Waals surface area contributed by atoms with E-state index in [-0.39, 0.29) is 0 Å². The van der Waals surface area contributed by atoms with Crippen molar-refractivity contribution >= 4 is 5.91 Å². The Kier molecular flexibility index (Phi) is 6.05. The maximum absolute atomic E-state index is 12.9. The van der Waals surface area contributed by atoms with Crippen LogP contribution in [0.15, 0.2) is 48.5 Å². The first-order chi connectivity index (χ1) is 14.0. The van der Waals surface area contributed by atoms with Gasteiger partial charge in [-0.3, -0.25) is 9.69 Å². The van der Waals surface area contributed by atoms with Gasteiger partial charge < -0.3 is 4.90 Å². The van der Waals surface area contributed by atoms with Gasteiger partial charge in [0.25, 0.3) is 0 Å². The molecule has 4 rings (SSSR count). The van der Waals surface area contributed by atoms with Gasteiger partial charge in [0.1, 0.15) is 0 Å². The van der Waals surface area contributed by atoms with E-state index >= 15 is 0 Å². The lowest BCUT2D eigenvalue weighted by Gasteiger charge is -2.40. The second-order valence-electron chi connectivity index (χ2n) is 9.30. The molecule has 3 nitrogen and oxygen atoms in total. The summed E-state index contributed by atoms with van der Waals surface area (Å²) in [4.78, 5) is 17.6. The lowest BCUT2D eigenvalue weighted by molar-refractivity contribution is -0.130. The van der Waals surface area contributed by atoms with E-state index in [1.807, 2.05) is 0 Å². The highest BCUT2D eigenvalue weighted by Gasteiger charge is 2.42. The minimum atomic E-state index is 0.306. The van der Waals surface area contributed by atoms with Crippen LogP contribution in [0.1, 0.15) is 47.9 Å². The molecule has 2 aliphatic heterocycles. The first kappa shape index (κ1) is 20.2. The van der Waals surface area contributed by atoms with E-state index in [0.717, 1.165) is 39.0 Å². The van der Waals surface area contributed by atoms with Gasteiger partial charge in [-0.1, -0.05) is 54.1 Å². The predicted molar refractivity (Wildman–Crippen MR) is 119 cm³/mol. The van der Waals surface area contributed by atoms with E-state index < -0.39 is 0 Å². The Bertz CT molecular complexity index is 861. The summed E-state index contributed by atoms with van der Waals surface area (Å²) in [6.07, 6.45) is 5.16. The van der Waals surface area contributed by atoms with Crippen LogP contribution in [-0.4, -0.2) is 41.9 Å². The van der Waals surface area contributed by atoms with Crippen molar-refractivity contribution in [2.45, 2.75) is 52.5 Å². The second-order valence-corrected chi connectivity index (χ2v) is 9.30. The molecule has 1 atom stereocenters. The van der Waals surface area contributed by atoms with Gasteiger partial charge in [-0.15, -0.1) is 0 Å². The molecule has 1 spiro atoms. The fourth-order valence-electron chi connectivity index (χ4n) is 5.29. The van der Waals surface area contributed by atoms with E-state index in [0.29, 0.717) is 17.7 Å². The van der Waals surface area contributed by atoms with Crippen molar-refractivity contribution in [3.63, 3.8) is 0 Å². The number of carbonyl (C=O) groups excluding carboxylic acids is 1. The highest BCUT2D eigenvalue weighted by molar-refractivity contribution is 5.77. The summed E-state index contributed by atoms with van der Waals surface area (Å²) in [5, 5.41) is 0. The lowest BCUT2D eigenvalue weighted by Crippen LogP contribution is -2.45. The van der Waals surface area contributed by atoms with Crippen LogP contribution in [0.25, 0.3) is 0 Å². The van der Waals surface area contributed by atoms with Crippen molar-refractivity contribution in [1.29, 1.82) is 0 Å². The number of rotatable bonds is 5. The average Bonchev–Trinajstić information content (AvgIpc) is 3.10. The van der Waals surface area contributed by atoms with Crippen LogP contribution in [0.4, 0.5) is 0 Å². The first-order valence-electron chi connectivity index (χ1n) is 11.1. The summed E-state index contributed by atoms with van der Waals surface area (Å²) in [6, 6.07) is 17.3. The molecule has 2 aliphatic rings. The summed E-state index contributed by atoms with van der Waals surface area (Å²) in [5.41, 5.74) is 5.64. The Hall–Kier alpha value is -2.13. The summed E-state index contributed by atoms with van der Waals surface area (Å²) in [7, 11) is 0. The van der Waals surface area contributed by atoms with Crippen LogP contribution in [-0.2, 0) is 17.8 Å². The van der Waals surface area contributed by atoms with Crippen LogP contribution in [0.5, 0.6) is 0 Å². The van der Waals surface area contributed by atoms with Gasteiger partial charge in [0.05, 0.1) is 0 Å². The van der Waals surface area contributed by atoms with Crippen LogP contribution in [0, 0.1) is 19.3 Å². The number of piperidine rings is 1. The molecule has 2 fully saturated rings. The molecule has 3 heteroatoms. The molecule has 0 unspecified atom stereocenters. The van der Waals surface area contributed by atoms with Crippen LogP contribution >= 0.6 is 0 Å². The molecule has 2 aromatic rings. The van der Waals surface area contributed by atoms with Crippen LogP contribution in [0.3, 0.4) is 0 Å². The molecule has 0 radical (unpaired) electrons. The zero-order valence-corrected chi connectivity index (χ0v) is 18.0. The minimum Gasteiger partial charge on any atom is -0.342 e. The van der Waals surface area contributed by atoms with E-state index in [4.69, 9.17) is 0 Å². The van der Waals surface area contributed by atoms with Crippen molar-refractivity contribution in [3.8, 4) is 0 Å². The molecule has 0 N–H and O–H groups in total. The summed E-state index contributed by atoms with van der Waals surface area (Å²) in [6.45, 7) is 9.52. The molecule has 2 heterocycles. The van der Waals surface area contributed by atoms with Crippen molar-refractivity contribution in [1.82, 2.24) is 9.80 Å². The Balaban J connectivity index is 1.32.